The molecule has 0 radical (unpaired) electrons. The molecule has 0 atom stereocenters. The maximum atomic E-state index is 9.63. The van der Waals surface area contributed by atoms with E-state index in [2.05, 4.69) is 10.3 Å². The number of oxime groups is 1. The van der Waals surface area contributed by atoms with E-state index in [-0.39, 0.29) is 41.0 Å². The molecule has 46 valence electrons. The van der Waals surface area contributed by atoms with E-state index in [1.165, 1.54) is 13.8 Å². The first-order valence-corrected chi connectivity index (χ1v) is 2.08. The molecule has 0 bridgehead atoms. The van der Waals surface area contributed by atoms with E-state index in [9.17, 15) is 5.21 Å². The Morgan fingerprint density at radius 3 is 1.89 bits per heavy atom. The summed E-state index contributed by atoms with van der Waals surface area (Å²) in [5.74, 6) is 0. The molecule has 0 aliphatic rings. The van der Waals surface area contributed by atoms with E-state index < -0.39 is 0 Å². The van der Waals surface area contributed by atoms with Crippen molar-refractivity contribution in [2.75, 3.05) is 0 Å². The van der Waals surface area contributed by atoms with Crippen molar-refractivity contribution in [1.29, 1.82) is 0 Å². The van der Waals surface area contributed by atoms with Crippen LogP contribution in [0.15, 0.2) is 10.3 Å². The standard InChI is InChI=1S/C4H8N2O2.Na/c1-3(5-7)4(2)6-8;/h7-8H,1-2H3;/q;+1/p-1/b5-3-,6-4+;. The molecule has 0 unspecified atom stereocenters. The number of hydrogen-bond acceptors (Lipinski definition) is 4. The Bertz CT molecular complexity index is 117. The molecule has 0 amide bonds. The Labute approximate surface area is 75.5 Å². The summed E-state index contributed by atoms with van der Waals surface area (Å²) in [7, 11) is 0. The zero-order chi connectivity index (χ0) is 6.57. The molecule has 5 heteroatoms. The van der Waals surface area contributed by atoms with Gasteiger partial charge in [0.1, 0.15) is 0 Å². The molecule has 0 fully saturated rings. The summed E-state index contributed by atoms with van der Waals surface area (Å²) < 4.78 is 0. The second-order valence-corrected chi connectivity index (χ2v) is 1.36. The SMILES string of the molecule is CC(=N/[O-])/C(C)=N/O.[Na+]. The summed E-state index contributed by atoms with van der Waals surface area (Å²) >= 11 is 0. The van der Waals surface area contributed by atoms with Crippen molar-refractivity contribution in [3.8, 4) is 0 Å². The molecule has 0 rings (SSSR count). The van der Waals surface area contributed by atoms with Gasteiger partial charge in [-0.1, -0.05) is 5.16 Å². The molecular weight excluding hydrogens is 131 g/mol. The zero-order valence-electron chi connectivity index (χ0n) is 5.75. The van der Waals surface area contributed by atoms with Gasteiger partial charge in [0.05, 0.1) is 11.4 Å². The van der Waals surface area contributed by atoms with Crippen molar-refractivity contribution < 1.29 is 34.8 Å². The molecule has 0 saturated carbocycles. The van der Waals surface area contributed by atoms with E-state index in [0.717, 1.165) is 0 Å². The van der Waals surface area contributed by atoms with Gasteiger partial charge < -0.3 is 15.6 Å². The fraction of sp³-hybridized carbons (Fsp3) is 0.500. The van der Waals surface area contributed by atoms with Crippen molar-refractivity contribution in [2.24, 2.45) is 10.3 Å². The minimum absolute atomic E-state index is 0. The van der Waals surface area contributed by atoms with Gasteiger partial charge in [0.2, 0.25) is 0 Å². The Hall–Kier alpha value is -0.0600. The number of hydrogen-bond donors (Lipinski definition) is 1. The summed E-state index contributed by atoms with van der Waals surface area (Å²) in [5, 5.41) is 22.9. The minimum Gasteiger partial charge on any atom is -0.792 e. The average Bonchev–Trinajstić information content (AvgIpc) is 1.84. The van der Waals surface area contributed by atoms with Crippen molar-refractivity contribution in [3.63, 3.8) is 0 Å². The van der Waals surface area contributed by atoms with Gasteiger partial charge in [-0.25, -0.2) is 0 Å². The molecule has 9 heavy (non-hydrogen) atoms. The molecule has 0 heterocycles. The fourth-order valence-corrected chi connectivity index (χ4v) is 0.138. The first-order chi connectivity index (χ1) is 3.72. The van der Waals surface area contributed by atoms with E-state index >= 15 is 0 Å². The van der Waals surface area contributed by atoms with Crippen LogP contribution in [0.5, 0.6) is 0 Å². The van der Waals surface area contributed by atoms with Crippen LogP contribution in [-0.2, 0) is 0 Å². The molecule has 0 aliphatic carbocycles. The van der Waals surface area contributed by atoms with E-state index in [1.807, 2.05) is 0 Å². The monoisotopic (exact) mass is 138 g/mol. The summed E-state index contributed by atoms with van der Waals surface area (Å²) in [5.41, 5.74) is 0.451. The summed E-state index contributed by atoms with van der Waals surface area (Å²) in [6.07, 6.45) is 0. The Morgan fingerprint density at radius 1 is 1.33 bits per heavy atom. The maximum absolute atomic E-state index is 9.63. The van der Waals surface area contributed by atoms with Crippen molar-refractivity contribution >= 4 is 11.4 Å². The van der Waals surface area contributed by atoms with Gasteiger partial charge in [-0.2, -0.15) is 0 Å². The van der Waals surface area contributed by atoms with Crippen LogP contribution in [0.25, 0.3) is 0 Å². The molecule has 0 aromatic carbocycles. The summed E-state index contributed by atoms with van der Waals surface area (Å²) in [4.78, 5) is 0. The molecular formula is C4H7N2NaO2. The first-order valence-electron chi connectivity index (χ1n) is 2.08. The molecule has 0 aliphatic heterocycles. The molecule has 0 aromatic rings. The minimum atomic E-state index is 0. The Balaban J connectivity index is 0. The normalized spacial score (nSPS) is 12.7. The second-order valence-electron chi connectivity index (χ2n) is 1.36. The van der Waals surface area contributed by atoms with Crippen LogP contribution in [-0.4, -0.2) is 16.6 Å². The van der Waals surface area contributed by atoms with Gasteiger partial charge >= 0.3 is 29.6 Å². The summed E-state index contributed by atoms with van der Waals surface area (Å²) in [6.45, 7) is 2.97. The van der Waals surface area contributed by atoms with E-state index in [0.29, 0.717) is 0 Å². The van der Waals surface area contributed by atoms with Gasteiger partial charge in [-0.05, 0) is 13.8 Å². The predicted molar refractivity (Wildman–Crippen MR) is 31.4 cm³/mol. The van der Waals surface area contributed by atoms with Gasteiger partial charge in [0.15, 0.2) is 0 Å². The first kappa shape index (κ1) is 11.7. The van der Waals surface area contributed by atoms with Crippen LogP contribution in [0.2, 0.25) is 0 Å². The smallest absolute Gasteiger partial charge is 0.792 e. The number of nitrogens with zero attached hydrogens (tertiary/aromatic N) is 2. The molecule has 0 spiro atoms. The fourth-order valence-electron chi connectivity index (χ4n) is 0.138. The quantitative estimate of drug-likeness (QED) is 0.193. The van der Waals surface area contributed by atoms with Crippen LogP contribution >= 0.6 is 0 Å². The Kier molecular flexibility index (Phi) is 7.89. The van der Waals surface area contributed by atoms with E-state index in [4.69, 9.17) is 5.21 Å². The largest absolute Gasteiger partial charge is 1.00 e. The van der Waals surface area contributed by atoms with Crippen LogP contribution in [0.1, 0.15) is 13.8 Å². The Morgan fingerprint density at radius 2 is 1.78 bits per heavy atom. The topological polar surface area (TPSA) is 68.0 Å². The third-order valence-electron chi connectivity index (χ3n) is 0.811. The molecule has 4 nitrogen and oxygen atoms in total. The summed E-state index contributed by atoms with van der Waals surface area (Å²) in [6, 6.07) is 0. The van der Waals surface area contributed by atoms with Crippen molar-refractivity contribution in [3.05, 3.63) is 5.21 Å². The third kappa shape index (κ3) is 4.44. The van der Waals surface area contributed by atoms with Crippen molar-refractivity contribution in [1.82, 2.24) is 0 Å². The van der Waals surface area contributed by atoms with Gasteiger partial charge in [-0.15, -0.1) is 0 Å². The maximum Gasteiger partial charge on any atom is 1.00 e. The zero-order valence-corrected chi connectivity index (χ0v) is 7.75. The average molecular weight is 138 g/mol. The third-order valence-corrected chi connectivity index (χ3v) is 0.811. The molecule has 0 aromatic heterocycles. The van der Waals surface area contributed by atoms with Crippen LogP contribution in [0.3, 0.4) is 0 Å². The van der Waals surface area contributed by atoms with Gasteiger partial charge in [-0.3, -0.25) is 0 Å². The second kappa shape index (κ2) is 6.07. The van der Waals surface area contributed by atoms with Crippen molar-refractivity contribution in [2.45, 2.75) is 13.8 Å². The van der Waals surface area contributed by atoms with E-state index in [1.54, 1.807) is 0 Å². The molecule has 1 N–H and O–H groups in total. The van der Waals surface area contributed by atoms with Crippen LogP contribution < -0.4 is 29.6 Å². The predicted octanol–water partition coefficient (Wildman–Crippen LogP) is -2.20. The van der Waals surface area contributed by atoms with Gasteiger partial charge in [0.25, 0.3) is 0 Å². The number of rotatable bonds is 1. The van der Waals surface area contributed by atoms with Crippen LogP contribution in [0, 0.1) is 5.21 Å². The van der Waals surface area contributed by atoms with Gasteiger partial charge in [0, 0.05) is 0 Å². The van der Waals surface area contributed by atoms with Crippen LogP contribution in [0.4, 0.5) is 0 Å². The molecule has 0 saturated heterocycles.